The fourth-order valence-corrected chi connectivity index (χ4v) is 3.09. The van der Waals surface area contributed by atoms with Gasteiger partial charge in [-0.05, 0) is 31.4 Å². The molecule has 6 heteroatoms. The molecule has 6 nitrogen and oxygen atoms in total. The largest absolute Gasteiger partial charge is 0.492 e. The van der Waals surface area contributed by atoms with E-state index in [4.69, 9.17) is 16.2 Å². The average molecular weight is 346 g/mol. The van der Waals surface area contributed by atoms with Gasteiger partial charge in [0.15, 0.2) is 0 Å². The molecular weight excluding hydrogens is 316 g/mol. The van der Waals surface area contributed by atoms with Gasteiger partial charge in [0.2, 0.25) is 0 Å². The molecule has 1 fully saturated rings. The Kier molecular flexibility index (Phi) is 6.98. The first-order chi connectivity index (χ1) is 12.0. The molecule has 2 amide bonds. The zero-order valence-electron chi connectivity index (χ0n) is 15.1. The van der Waals surface area contributed by atoms with Crippen LogP contribution >= 0.6 is 0 Å². The number of rotatable bonds is 7. The lowest BCUT2D eigenvalue weighted by Crippen LogP contribution is -2.46. The Balaban J connectivity index is 1.90. The Morgan fingerprint density at radius 2 is 2.28 bits per heavy atom. The first-order valence-corrected chi connectivity index (χ1v) is 9.01. The summed E-state index contributed by atoms with van der Waals surface area (Å²) in [5.41, 5.74) is 13.4. The van der Waals surface area contributed by atoms with Crippen molar-refractivity contribution in [3.8, 4) is 5.75 Å². The molecule has 1 aliphatic rings. The van der Waals surface area contributed by atoms with Crippen LogP contribution in [0.25, 0.3) is 5.70 Å². The van der Waals surface area contributed by atoms with Gasteiger partial charge < -0.3 is 26.4 Å². The van der Waals surface area contributed by atoms with Gasteiger partial charge in [-0.3, -0.25) is 0 Å². The summed E-state index contributed by atoms with van der Waals surface area (Å²) in [6.07, 6.45) is 4.11. The van der Waals surface area contributed by atoms with E-state index in [0.717, 1.165) is 38.8 Å². The maximum atomic E-state index is 12.2. The highest BCUT2D eigenvalue weighted by Gasteiger charge is 2.24. The van der Waals surface area contributed by atoms with Gasteiger partial charge in [0.1, 0.15) is 5.75 Å². The van der Waals surface area contributed by atoms with E-state index in [9.17, 15) is 4.79 Å². The number of amides is 2. The number of hydrogen-bond acceptors (Lipinski definition) is 4. The van der Waals surface area contributed by atoms with Gasteiger partial charge in [-0.25, -0.2) is 4.79 Å². The van der Waals surface area contributed by atoms with Crippen molar-refractivity contribution in [2.45, 2.75) is 32.6 Å². The quantitative estimate of drug-likeness (QED) is 0.523. The van der Waals surface area contributed by atoms with Crippen LogP contribution in [0.3, 0.4) is 0 Å². The number of anilines is 1. The minimum atomic E-state index is 0.0260. The van der Waals surface area contributed by atoms with E-state index in [1.54, 1.807) is 6.07 Å². The lowest BCUT2D eigenvalue weighted by molar-refractivity contribution is 0.137. The van der Waals surface area contributed by atoms with Crippen LogP contribution in [-0.4, -0.2) is 37.2 Å². The van der Waals surface area contributed by atoms with Crippen molar-refractivity contribution in [3.63, 3.8) is 0 Å². The minimum absolute atomic E-state index is 0.0260. The molecule has 5 N–H and O–H groups in total. The number of likely N-dealkylation sites (tertiary alicyclic amines) is 1. The van der Waals surface area contributed by atoms with E-state index in [0.29, 0.717) is 41.8 Å². The zero-order chi connectivity index (χ0) is 18.2. The predicted octanol–water partition coefficient (Wildman–Crippen LogP) is 2.80. The smallest absolute Gasteiger partial charge is 0.317 e. The van der Waals surface area contributed by atoms with Crippen molar-refractivity contribution < 1.29 is 9.53 Å². The summed E-state index contributed by atoms with van der Waals surface area (Å²) in [6, 6.07) is 5.49. The van der Waals surface area contributed by atoms with E-state index in [2.05, 4.69) is 18.8 Å². The number of unbranched alkanes of at least 4 members (excludes halogenated alkanes) is 1. The van der Waals surface area contributed by atoms with Crippen LogP contribution in [0.15, 0.2) is 24.8 Å². The number of ether oxygens (including phenoxy) is 1. The molecule has 1 aromatic carbocycles. The Morgan fingerprint density at radius 1 is 1.48 bits per heavy atom. The molecule has 25 heavy (non-hydrogen) atoms. The number of nitrogens with one attached hydrogen (secondary N) is 1. The van der Waals surface area contributed by atoms with Crippen LogP contribution in [0, 0.1) is 5.92 Å². The fourth-order valence-electron chi connectivity index (χ4n) is 3.09. The lowest BCUT2D eigenvalue weighted by Gasteiger charge is -2.32. The average Bonchev–Trinajstić information content (AvgIpc) is 2.60. The van der Waals surface area contributed by atoms with Crippen molar-refractivity contribution in [1.82, 2.24) is 10.2 Å². The lowest BCUT2D eigenvalue weighted by atomic mass is 9.99. The topological polar surface area (TPSA) is 93.6 Å². The zero-order valence-corrected chi connectivity index (χ0v) is 15.1. The molecule has 1 saturated heterocycles. The first kappa shape index (κ1) is 19.0. The van der Waals surface area contributed by atoms with Gasteiger partial charge in [0, 0.05) is 36.9 Å². The normalized spacial score (nSPS) is 17.2. The van der Waals surface area contributed by atoms with Crippen LogP contribution < -0.4 is 21.5 Å². The van der Waals surface area contributed by atoms with Crippen LogP contribution in [0.1, 0.15) is 38.2 Å². The van der Waals surface area contributed by atoms with Crippen molar-refractivity contribution in [2.24, 2.45) is 11.7 Å². The summed E-state index contributed by atoms with van der Waals surface area (Å²) in [4.78, 5) is 14.1. The number of piperidine rings is 1. The third-order valence-electron chi connectivity index (χ3n) is 4.47. The van der Waals surface area contributed by atoms with Crippen LogP contribution in [-0.2, 0) is 0 Å². The Hall–Kier alpha value is -2.37. The number of nitrogen functional groups attached to an aromatic ring is 1. The molecule has 1 atom stereocenters. The third kappa shape index (κ3) is 5.31. The van der Waals surface area contributed by atoms with Gasteiger partial charge >= 0.3 is 6.03 Å². The first-order valence-electron chi connectivity index (χ1n) is 9.01. The molecule has 0 saturated carbocycles. The Morgan fingerprint density at radius 3 is 3.00 bits per heavy atom. The molecule has 0 radical (unpaired) electrons. The molecule has 1 aliphatic heterocycles. The van der Waals surface area contributed by atoms with Gasteiger partial charge in [0.25, 0.3) is 0 Å². The number of hydrogen-bond donors (Lipinski definition) is 3. The molecule has 0 spiro atoms. The maximum Gasteiger partial charge on any atom is 0.317 e. The van der Waals surface area contributed by atoms with Crippen molar-refractivity contribution in [1.29, 1.82) is 0 Å². The van der Waals surface area contributed by atoms with Gasteiger partial charge in [-0.2, -0.15) is 0 Å². The number of nitrogens with two attached hydrogens (primary N) is 2. The number of benzene rings is 1. The second-order valence-corrected chi connectivity index (χ2v) is 6.60. The molecule has 0 bridgehead atoms. The summed E-state index contributed by atoms with van der Waals surface area (Å²) >= 11 is 0. The van der Waals surface area contributed by atoms with Crippen molar-refractivity contribution >= 4 is 17.4 Å². The Bertz CT molecular complexity index is 603. The second kappa shape index (κ2) is 9.20. The molecule has 0 aliphatic carbocycles. The van der Waals surface area contributed by atoms with Gasteiger partial charge in [-0.1, -0.05) is 26.0 Å². The van der Waals surface area contributed by atoms with Crippen LogP contribution in [0.2, 0.25) is 0 Å². The molecule has 0 aromatic heterocycles. The van der Waals surface area contributed by atoms with Crippen LogP contribution in [0.4, 0.5) is 10.5 Å². The van der Waals surface area contributed by atoms with Crippen molar-refractivity contribution in [2.75, 3.05) is 32.0 Å². The van der Waals surface area contributed by atoms with E-state index in [-0.39, 0.29) is 6.03 Å². The van der Waals surface area contributed by atoms with Gasteiger partial charge in [-0.15, -0.1) is 0 Å². The molecule has 1 heterocycles. The van der Waals surface area contributed by atoms with E-state index in [1.807, 2.05) is 17.0 Å². The second-order valence-electron chi connectivity index (χ2n) is 6.60. The third-order valence-corrected chi connectivity index (χ3v) is 4.47. The predicted molar refractivity (Wildman–Crippen MR) is 102 cm³/mol. The monoisotopic (exact) mass is 346 g/mol. The molecule has 1 aromatic rings. The van der Waals surface area contributed by atoms with Gasteiger partial charge in [0.05, 0.1) is 12.2 Å². The highest BCUT2D eigenvalue weighted by molar-refractivity contribution is 5.76. The SMILES string of the molecule is C=C(N)c1c(N)cccc1OCC1CCCN(C(=O)NCCCC)C1. The molecule has 138 valence electrons. The summed E-state index contributed by atoms with van der Waals surface area (Å²) < 4.78 is 5.97. The van der Waals surface area contributed by atoms with Crippen LogP contribution in [0.5, 0.6) is 5.75 Å². The molecule has 1 unspecified atom stereocenters. The summed E-state index contributed by atoms with van der Waals surface area (Å²) in [5.74, 6) is 0.947. The number of carbonyl (C=O) groups is 1. The highest BCUT2D eigenvalue weighted by Crippen LogP contribution is 2.29. The fraction of sp³-hybridized carbons (Fsp3) is 0.526. The molecular formula is C19H30N4O2. The highest BCUT2D eigenvalue weighted by atomic mass is 16.5. The van der Waals surface area contributed by atoms with E-state index < -0.39 is 0 Å². The number of urea groups is 1. The minimum Gasteiger partial charge on any atom is -0.492 e. The summed E-state index contributed by atoms with van der Waals surface area (Å²) in [7, 11) is 0. The number of nitrogens with zero attached hydrogens (tertiary/aromatic N) is 1. The van der Waals surface area contributed by atoms with E-state index >= 15 is 0 Å². The summed E-state index contributed by atoms with van der Waals surface area (Å²) in [6.45, 7) is 8.66. The maximum absolute atomic E-state index is 12.2. The summed E-state index contributed by atoms with van der Waals surface area (Å²) in [5, 5.41) is 2.98. The van der Waals surface area contributed by atoms with Crippen molar-refractivity contribution in [3.05, 3.63) is 30.3 Å². The number of carbonyl (C=O) groups excluding carboxylic acids is 1. The van der Waals surface area contributed by atoms with E-state index in [1.165, 1.54) is 0 Å². The standard InChI is InChI=1S/C19H30N4O2/c1-3-4-10-22-19(24)23-11-6-7-15(12-23)13-25-17-9-5-8-16(21)18(17)14(2)20/h5,8-9,15H,2-4,6-7,10-13,20-21H2,1H3,(H,22,24). The Labute approximate surface area is 150 Å². The molecule has 2 rings (SSSR count).